The van der Waals surface area contributed by atoms with Gasteiger partial charge in [-0.1, -0.05) is 28.1 Å². The van der Waals surface area contributed by atoms with Crippen LogP contribution in [0.2, 0.25) is 0 Å². The Labute approximate surface area is 122 Å². The second kappa shape index (κ2) is 5.47. The van der Waals surface area contributed by atoms with E-state index >= 15 is 0 Å². The molecule has 0 amide bonds. The lowest BCUT2D eigenvalue weighted by Crippen LogP contribution is -2.14. The average molecular weight is 320 g/mol. The summed E-state index contributed by atoms with van der Waals surface area (Å²) in [7, 11) is 1.98. The van der Waals surface area contributed by atoms with Gasteiger partial charge in [-0.05, 0) is 38.4 Å². The number of fused-ring (bicyclic) bond motifs is 1. The summed E-state index contributed by atoms with van der Waals surface area (Å²) >= 11 is 3.49. The molecule has 0 unspecified atom stereocenters. The first-order valence-corrected chi connectivity index (χ1v) is 7.57. The minimum atomic E-state index is 0.853. The molecule has 19 heavy (non-hydrogen) atoms. The van der Waals surface area contributed by atoms with E-state index in [1.165, 1.54) is 29.8 Å². The number of halogens is 1. The second-order valence-electron chi connectivity index (χ2n) is 4.97. The Morgan fingerprint density at radius 1 is 1.26 bits per heavy atom. The molecule has 4 heteroatoms. The summed E-state index contributed by atoms with van der Waals surface area (Å²) in [5.74, 6) is 1.12. The molecule has 100 valence electrons. The molecule has 0 bridgehead atoms. The molecule has 0 saturated heterocycles. The molecule has 2 heterocycles. The summed E-state index contributed by atoms with van der Waals surface area (Å²) < 4.78 is 3.51. The molecule has 1 aromatic heterocycles. The number of rotatable bonds is 3. The number of aromatic nitrogens is 2. The highest BCUT2D eigenvalue weighted by molar-refractivity contribution is 9.10. The maximum absolute atomic E-state index is 4.87. The zero-order valence-corrected chi connectivity index (χ0v) is 12.7. The van der Waals surface area contributed by atoms with Gasteiger partial charge >= 0.3 is 0 Å². The topological polar surface area (TPSA) is 29.9 Å². The third kappa shape index (κ3) is 2.47. The smallest absolute Gasteiger partial charge is 0.140 e. The van der Waals surface area contributed by atoms with Crippen molar-refractivity contribution in [2.24, 2.45) is 0 Å². The van der Waals surface area contributed by atoms with E-state index in [1.807, 2.05) is 7.05 Å². The third-order valence-electron chi connectivity index (χ3n) is 3.65. The van der Waals surface area contributed by atoms with Crippen molar-refractivity contribution in [1.82, 2.24) is 14.9 Å². The van der Waals surface area contributed by atoms with Crippen molar-refractivity contribution in [2.75, 3.05) is 7.05 Å². The molecule has 3 rings (SSSR count). The maximum Gasteiger partial charge on any atom is 0.140 e. The highest BCUT2D eigenvalue weighted by Gasteiger charge is 2.20. The zero-order chi connectivity index (χ0) is 13.2. The molecule has 1 N–H and O–H groups in total. The summed E-state index contributed by atoms with van der Waals surface area (Å²) in [4.78, 5) is 4.87. The second-order valence-corrected chi connectivity index (χ2v) is 5.89. The summed E-state index contributed by atoms with van der Waals surface area (Å²) in [6.45, 7) is 1.95. The van der Waals surface area contributed by atoms with Crippen molar-refractivity contribution in [1.29, 1.82) is 0 Å². The number of hydrogen-bond donors (Lipinski definition) is 1. The van der Waals surface area contributed by atoms with Gasteiger partial charge in [-0.2, -0.15) is 0 Å². The van der Waals surface area contributed by atoms with Gasteiger partial charge in [0.05, 0.1) is 5.69 Å². The first-order chi connectivity index (χ1) is 9.29. The van der Waals surface area contributed by atoms with Crippen molar-refractivity contribution in [2.45, 2.75) is 32.4 Å². The van der Waals surface area contributed by atoms with E-state index in [-0.39, 0.29) is 0 Å². The van der Waals surface area contributed by atoms with Crippen LogP contribution in [0.5, 0.6) is 0 Å². The van der Waals surface area contributed by atoms with Crippen LogP contribution < -0.4 is 5.32 Å². The molecule has 2 aromatic rings. The van der Waals surface area contributed by atoms with Crippen LogP contribution in [0.15, 0.2) is 28.7 Å². The van der Waals surface area contributed by atoms with E-state index in [2.05, 4.69) is 50.1 Å². The number of nitrogens with zero attached hydrogens (tertiary/aromatic N) is 2. The Hall–Kier alpha value is -1.13. The van der Waals surface area contributed by atoms with Gasteiger partial charge in [0.1, 0.15) is 5.82 Å². The fraction of sp³-hybridized carbons (Fsp3) is 0.400. The first kappa shape index (κ1) is 12.9. The molecule has 0 radical (unpaired) electrons. The molecular formula is C15H18BrN3. The molecule has 1 aliphatic rings. The molecule has 0 saturated carbocycles. The van der Waals surface area contributed by atoms with Crippen LogP contribution in [0.25, 0.3) is 11.4 Å². The van der Waals surface area contributed by atoms with Crippen molar-refractivity contribution in [3.63, 3.8) is 0 Å². The third-order valence-corrected chi connectivity index (χ3v) is 4.18. The summed E-state index contributed by atoms with van der Waals surface area (Å²) in [5.41, 5.74) is 3.83. The average Bonchev–Trinajstić information content (AvgIpc) is 2.80. The highest BCUT2D eigenvalue weighted by Crippen LogP contribution is 2.28. The van der Waals surface area contributed by atoms with E-state index < -0.39 is 0 Å². The van der Waals surface area contributed by atoms with Gasteiger partial charge < -0.3 is 9.88 Å². The summed E-state index contributed by atoms with van der Waals surface area (Å²) in [6, 6.07) is 8.43. The predicted molar refractivity (Wildman–Crippen MR) is 81.1 cm³/mol. The number of nitrogens with one attached hydrogen (secondary N) is 1. The lowest BCUT2D eigenvalue weighted by Gasteiger charge is -2.17. The van der Waals surface area contributed by atoms with Gasteiger partial charge in [0.15, 0.2) is 0 Å². The summed E-state index contributed by atoms with van der Waals surface area (Å²) in [5, 5.41) is 3.22. The van der Waals surface area contributed by atoms with Gasteiger partial charge in [-0.3, -0.25) is 0 Å². The Balaban J connectivity index is 2.07. The standard InChI is InChI=1S/C15H18BrN3/c1-17-10-13-14-4-2-3-9-19(14)15(18-13)11-5-7-12(16)8-6-11/h5-8,17H,2-4,9-10H2,1H3. The van der Waals surface area contributed by atoms with Crippen molar-refractivity contribution < 1.29 is 0 Å². The molecule has 0 aliphatic carbocycles. The van der Waals surface area contributed by atoms with Crippen LogP contribution >= 0.6 is 15.9 Å². The van der Waals surface area contributed by atoms with Gasteiger partial charge in [0.2, 0.25) is 0 Å². The molecule has 0 atom stereocenters. The molecule has 1 aliphatic heterocycles. The Morgan fingerprint density at radius 3 is 2.79 bits per heavy atom. The number of benzene rings is 1. The van der Waals surface area contributed by atoms with Crippen molar-refractivity contribution >= 4 is 15.9 Å². The van der Waals surface area contributed by atoms with E-state index in [1.54, 1.807) is 0 Å². The van der Waals surface area contributed by atoms with Crippen LogP contribution in [-0.4, -0.2) is 16.6 Å². The lowest BCUT2D eigenvalue weighted by molar-refractivity contribution is 0.531. The van der Waals surface area contributed by atoms with Crippen LogP contribution in [0.3, 0.4) is 0 Å². The monoisotopic (exact) mass is 319 g/mol. The molecule has 1 aromatic carbocycles. The Morgan fingerprint density at radius 2 is 2.05 bits per heavy atom. The fourth-order valence-corrected chi connectivity index (χ4v) is 3.01. The molecule has 0 spiro atoms. The van der Waals surface area contributed by atoms with Crippen LogP contribution in [0.1, 0.15) is 24.2 Å². The van der Waals surface area contributed by atoms with Crippen LogP contribution in [0.4, 0.5) is 0 Å². The van der Waals surface area contributed by atoms with Gasteiger partial charge in [0, 0.05) is 28.8 Å². The Kier molecular flexibility index (Phi) is 3.71. The number of imidazole rings is 1. The first-order valence-electron chi connectivity index (χ1n) is 6.78. The quantitative estimate of drug-likeness (QED) is 0.940. The lowest BCUT2D eigenvalue weighted by atomic mass is 10.1. The van der Waals surface area contributed by atoms with Crippen LogP contribution in [0, 0.1) is 0 Å². The molecular weight excluding hydrogens is 302 g/mol. The van der Waals surface area contributed by atoms with E-state index in [4.69, 9.17) is 4.98 Å². The van der Waals surface area contributed by atoms with Gasteiger partial charge in [0.25, 0.3) is 0 Å². The summed E-state index contributed by atoms with van der Waals surface area (Å²) in [6.07, 6.45) is 3.69. The maximum atomic E-state index is 4.87. The predicted octanol–water partition coefficient (Wildman–Crippen LogP) is 3.37. The minimum absolute atomic E-state index is 0.853. The normalized spacial score (nSPS) is 14.4. The van der Waals surface area contributed by atoms with E-state index in [9.17, 15) is 0 Å². The molecule has 3 nitrogen and oxygen atoms in total. The van der Waals surface area contributed by atoms with Crippen molar-refractivity contribution in [3.8, 4) is 11.4 Å². The minimum Gasteiger partial charge on any atom is -0.328 e. The van der Waals surface area contributed by atoms with Crippen molar-refractivity contribution in [3.05, 3.63) is 40.1 Å². The fourth-order valence-electron chi connectivity index (χ4n) is 2.75. The van der Waals surface area contributed by atoms with E-state index in [0.717, 1.165) is 29.8 Å². The van der Waals surface area contributed by atoms with E-state index in [0.29, 0.717) is 0 Å². The highest BCUT2D eigenvalue weighted by atomic mass is 79.9. The largest absolute Gasteiger partial charge is 0.328 e. The SMILES string of the molecule is CNCc1nc(-c2ccc(Br)cc2)n2c1CCCC2. The van der Waals surface area contributed by atoms with Gasteiger partial charge in [-0.15, -0.1) is 0 Å². The molecule has 0 fully saturated rings. The van der Waals surface area contributed by atoms with Gasteiger partial charge in [-0.25, -0.2) is 4.98 Å². The number of hydrogen-bond acceptors (Lipinski definition) is 2. The van der Waals surface area contributed by atoms with Crippen LogP contribution in [-0.2, 0) is 19.5 Å². The zero-order valence-electron chi connectivity index (χ0n) is 11.1. The Bertz CT molecular complexity index is 572.